The quantitative estimate of drug-likeness (QED) is 0.255. The number of aromatic amines is 1. The molecule has 4 aromatic rings. The molecule has 34 heavy (non-hydrogen) atoms. The van der Waals surface area contributed by atoms with Gasteiger partial charge < -0.3 is 4.98 Å². The molecule has 0 saturated heterocycles. The molecule has 0 saturated carbocycles. The molecule has 0 fully saturated rings. The SMILES string of the molecule is CCCCCn1c(=O)n(CCCc2cnn(Cc3ccc(F)cc3Cl)c2)c(=O)c2[nH]c(Cl)nc21. The fraction of sp³-hybridized carbons (Fsp3) is 0.391. The van der Waals surface area contributed by atoms with E-state index in [1.54, 1.807) is 16.9 Å². The number of H-pyrrole nitrogens is 1. The Kier molecular flexibility index (Phi) is 7.53. The molecular formula is C23H25Cl2FN6O2. The highest BCUT2D eigenvalue weighted by molar-refractivity contribution is 6.31. The minimum Gasteiger partial charge on any atom is -0.323 e. The average molecular weight is 507 g/mol. The highest BCUT2D eigenvalue weighted by Gasteiger charge is 2.16. The van der Waals surface area contributed by atoms with Gasteiger partial charge in [0.2, 0.25) is 5.28 Å². The summed E-state index contributed by atoms with van der Waals surface area (Å²) in [6.45, 7) is 3.23. The first kappa shape index (κ1) is 24.2. The van der Waals surface area contributed by atoms with Crippen molar-refractivity contribution in [3.63, 3.8) is 0 Å². The molecule has 8 nitrogen and oxygen atoms in total. The van der Waals surface area contributed by atoms with Crippen molar-refractivity contribution >= 4 is 34.4 Å². The molecule has 0 atom stereocenters. The van der Waals surface area contributed by atoms with Gasteiger partial charge in [0.1, 0.15) is 5.82 Å². The van der Waals surface area contributed by atoms with Crippen LogP contribution in [-0.4, -0.2) is 28.9 Å². The summed E-state index contributed by atoms with van der Waals surface area (Å²) >= 11 is 12.1. The first-order chi connectivity index (χ1) is 16.4. The Morgan fingerprint density at radius 1 is 1.09 bits per heavy atom. The number of imidazole rings is 1. The Balaban J connectivity index is 1.47. The van der Waals surface area contributed by atoms with Crippen molar-refractivity contribution in [3.05, 3.63) is 78.7 Å². The minimum absolute atomic E-state index is 0.0853. The van der Waals surface area contributed by atoms with Crippen LogP contribution in [-0.2, 0) is 26.1 Å². The number of benzene rings is 1. The normalized spacial score (nSPS) is 11.5. The van der Waals surface area contributed by atoms with Gasteiger partial charge in [0.05, 0.1) is 12.7 Å². The number of halogens is 3. The van der Waals surface area contributed by atoms with Gasteiger partial charge >= 0.3 is 5.69 Å². The van der Waals surface area contributed by atoms with E-state index in [0.717, 1.165) is 30.4 Å². The first-order valence-corrected chi connectivity index (χ1v) is 12.0. The number of aromatic nitrogens is 6. The van der Waals surface area contributed by atoms with E-state index in [1.807, 2.05) is 6.20 Å². The predicted octanol–water partition coefficient (Wildman–Crippen LogP) is 4.40. The largest absolute Gasteiger partial charge is 0.332 e. The molecule has 0 unspecified atom stereocenters. The average Bonchev–Trinajstić information content (AvgIpc) is 3.41. The topological polar surface area (TPSA) is 90.5 Å². The molecule has 0 aliphatic heterocycles. The van der Waals surface area contributed by atoms with Crippen LogP contribution in [0.3, 0.4) is 0 Å². The number of unbranched alkanes of at least 4 members (excludes halogenated alkanes) is 2. The van der Waals surface area contributed by atoms with Crippen molar-refractivity contribution in [2.24, 2.45) is 0 Å². The van der Waals surface area contributed by atoms with Crippen LogP contribution < -0.4 is 11.2 Å². The van der Waals surface area contributed by atoms with Gasteiger partial charge in [-0.1, -0.05) is 37.4 Å². The monoisotopic (exact) mass is 506 g/mol. The number of nitrogens with one attached hydrogen (secondary N) is 1. The summed E-state index contributed by atoms with van der Waals surface area (Å²) in [4.78, 5) is 32.9. The highest BCUT2D eigenvalue weighted by atomic mass is 35.5. The van der Waals surface area contributed by atoms with Gasteiger partial charge in [-0.05, 0) is 54.1 Å². The third kappa shape index (κ3) is 5.26. The van der Waals surface area contributed by atoms with Crippen LogP contribution in [0.2, 0.25) is 10.3 Å². The predicted molar refractivity (Wildman–Crippen MR) is 130 cm³/mol. The Morgan fingerprint density at radius 3 is 2.65 bits per heavy atom. The molecular weight excluding hydrogens is 482 g/mol. The lowest BCUT2D eigenvalue weighted by Crippen LogP contribution is -2.40. The number of aryl methyl sites for hydroxylation is 2. The molecule has 0 radical (unpaired) electrons. The third-order valence-electron chi connectivity index (χ3n) is 5.70. The van der Waals surface area contributed by atoms with E-state index in [0.29, 0.717) is 36.6 Å². The smallest absolute Gasteiger partial charge is 0.323 e. The van der Waals surface area contributed by atoms with Gasteiger partial charge in [-0.25, -0.2) is 9.18 Å². The van der Waals surface area contributed by atoms with Crippen molar-refractivity contribution in [2.45, 2.75) is 58.7 Å². The fourth-order valence-electron chi connectivity index (χ4n) is 3.94. The fourth-order valence-corrected chi connectivity index (χ4v) is 4.35. The van der Waals surface area contributed by atoms with Crippen LogP contribution in [0.1, 0.15) is 43.7 Å². The molecule has 0 spiro atoms. The minimum atomic E-state index is -0.423. The van der Waals surface area contributed by atoms with E-state index in [1.165, 1.54) is 21.3 Å². The van der Waals surface area contributed by atoms with Crippen LogP contribution in [0.4, 0.5) is 4.39 Å². The summed E-state index contributed by atoms with van der Waals surface area (Å²) in [5, 5.41) is 4.77. The zero-order valence-electron chi connectivity index (χ0n) is 18.7. The molecule has 4 rings (SSSR count). The number of hydrogen-bond donors (Lipinski definition) is 1. The molecule has 0 aliphatic carbocycles. The Hall–Kier alpha value is -2.91. The highest BCUT2D eigenvalue weighted by Crippen LogP contribution is 2.18. The molecule has 0 aliphatic rings. The summed E-state index contributed by atoms with van der Waals surface area (Å²) in [6.07, 6.45) is 7.61. The lowest BCUT2D eigenvalue weighted by molar-refractivity contribution is 0.526. The van der Waals surface area contributed by atoms with E-state index < -0.39 is 5.56 Å². The number of hydrogen-bond acceptors (Lipinski definition) is 4. The van der Waals surface area contributed by atoms with Gasteiger partial charge in [-0.3, -0.25) is 18.6 Å². The Labute approximate surface area is 205 Å². The van der Waals surface area contributed by atoms with Gasteiger partial charge in [0.15, 0.2) is 11.2 Å². The van der Waals surface area contributed by atoms with E-state index in [2.05, 4.69) is 22.0 Å². The maximum atomic E-state index is 13.2. The van der Waals surface area contributed by atoms with E-state index >= 15 is 0 Å². The summed E-state index contributed by atoms with van der Waals surface area (Å²) in [5.41, 5.74) is 1.46. The maximum Gasteiger partial charge on any atom is 0.332 e. The second-order valence-corrected chi connectivity index (χ2v) is 8.97. The second kappa shape index (κ2) is 10.6. The number of rotatable bonds is 10. The van der Waals surface area contributed by atoms with Crippen LogP contribution in [0.5, 0.6) is 0 Å². The van der Waals surface area contributed by atoms with E-state index in [4.69, 9.17) is 23.2 Å². The van der Waals surface area contributed by atoms with Gasteiger partial charge in [0.25, 0.3) is 5.56 Å². The second-order valence-electron chi connectivity index (χ2n) is 8.21. The van der Waals surface area contributed by atoms with Crippen molar-refractivity contribution < 1.29 is 4.39 Å². The standard InChI is InChI=1S/C23H25Cl2FN6O2/c1-2-3-4-9-31-20-19(28-22(25)29-20)21(33)32(23(31)34)10-5-6-15-12-27-30(13-15)14-16-7-8-17(26)11-18(16)24/h7-8,11-13H,2-6,9-10,14H2,1H3,(H,28,29). The molecule has 1 N–H and O–H groups in total. The maximum absolute atomic E-state index is 13.2. The van der Waals surface area contributed by atoms with Gasteiger partial charge in [-0.15, -0.1) is 0 Å². The zero-order valence-corrected chi connectivity index (χ0v) is 20.2. The van der Waals surface area contributed by atoms with Crippen molar-refractivity contribution in [1.82, 2.24) is 28.9 Å². The summed E-state index contributed by atoms with van der Waals surface area (Å²) < 4.78 is 17.7. The van der Waals surface area contributed by atoms with Gasteiger partial charge in [0, 0.05) is 24.3 Å². The third-order valence-corrected chi connectivity index (χ3v) is 6.23. The summed E-state index contributed by atoms with van der Waals surface area (Å²) in [7, 11) is 0. The zero-order chi connectivity index (χ0) is 24.2. The molecule has 3 heterocycles. The lowest BCUT2D eigenvalue weighted by atomic mass is 10.2. The molecule has 0 bridgehead atoms. The van der Waals surface area contributed by atoms with Gasteiger partial charge in [-0.2, -0.15) is 10.1 Å². The van der Waals surface area contributed by atoms with Crippen LogP contribution in [0.15, 0.2) is 40.2 Å². The van der Waals surface area contributed by atoms with Crippen LogP contribution in [0, 0.1) is 5.82 Å². The van der Waals surface area contributed by atoms with E-state index in [9.17, 15) is 14.0 Å². The lowest BCUT2D eigenvalue weighted by Gasteiger charge is -2.11. The first-order valence-electron chi connectivity index (χ1n) is 11.2. The molecule has 1 aromatic carbocycles. The molecule has 0 amide bonds. The van der Waals surface area contributed by atoms with Crippen molar-refractivity contribution in [3.8, 4) is 0 Å². The Morgan fingerprint density at radius 2 is 1.88 bits per heavy atom. The molecule has 11 heteroatoms. The van der Waals surface area contributed by atoms with Crippen molar-refractivity contribution in [2.75, 3.05) is 0 Å². The van der Waals surface area contributed by atoms with Crippen LogP contribution >= 0.6 is 23.2 Å². The number of nitrogens with zero attached hydrogens (tertiary/aromatic N) is 5. The number of fused-ring (bicyclic) bond motifs is 1. The Bertz CT molecular complexity index is 1420. The van der Waals surface area contributed by atoms with E-state index in [-0.39, 0.29) is 28.9 Å². The summed E-state index contributed by atoms with van der Waals surface area (Å²) in [6, 6.07) is 4.27. The summed E-state index contributed by atoms with van der Waals surface area (Å²) in [5.74, 6) is -0.384. The molecule has 180 valence electrons. The van der Waals surface area contributed by atoms with Crippen LogP contribution in [0.25, 0.3) is 11.2 Å². The van der Waals surface area contributed by atoms with Crippen molar-refractivity contribution in [1.29, 1.82) is 0 Å². The molecule has 3 aromatic heterocycles.